The molecule has 0 atom stereocenters. The summed E-state index contributed by atoms with van der Waals surface area (Å²) >= 11 is 3.51. The molecule has 1 heterocycles. The highest BCUT2D eigenvalue weighted by atomic mass is 79.9. The Balaban J connectivity index is 2.24. The van der Waals surface area contributed by atoms with E-state index in [9.17, 15) is 4.79 Å². The molecule has 0 saturated carbocycles. The number of halogens is 1. The van der Waals surface area contributed by atoms with Crippen molar-refractivity contribution in [2.75, 3.05) is 25.0 Å². The predicted molar refractivity (Wildman–Crippen MR) is 82.6 cm³/mol. The molecule has 4 heteroatoms. The molecule has 1 amide bonds. The van der Waals surface area contributed by atoms with Crippen molar-refractivity contribution in [1.82, 2.24) is 4.90 Å². The largest absolute Gasteiger partial charge is 0.310 e. The average Bonchev–Trinajstić information content (AvgIpc) is 2.36. The van der Waals surface area contributed by atoms with Crippen LogP contribution in [0.25, 0.3) is 0 Å². The molecule has 1 fully saturated rings. The van der Waals surface area contributed by atoms with E-state index >= 15 is 0 Å². The molecular formula is C15H21BrN2O. The number of benzene rings is 1. The van der Waals surface area contributed by atoms with Crippen molar-refractivity contribution in [3.63, 3.8) is 0 Å². The number of likely N-dealkylation sites (tertiary alicyclic amines) is 1. The van der Waals surface area contributed by atoms with Gasteiger partial charge in [-0.1, -0.05) is 15.9 Å². The van der Waals surface area contributed by atoms with Crippen LogP contribution in [-0.2, 0) is 4.79 Å². The van der Waals surface area contributed by atoms with Gasteiger partial charge in [0.15, 0.2) is 0 Å². The molecule has 1 aromatic carbocycles. The van der Waals surface area contributed by atoms with Gasteiger partial charge in [-0.3, -0.25) is 4.79 Å². The summed E-state index contributed by atoms with van der Waals surface area (Å²) in [5.74, 6) is 0.135. The normalized spacial score (nSPS) is 17.5. The second-order valence-corrected chi connectivity index (χ2v) is 6.21. The van der Waals surface area contributed by atoms with Gasteiger partial charge in [0.05, 0.1) is 0 Å². The minimum absolute atomic E-state index is 0.135. The molecule has 1 aliphatic rings. The highest BCUT2D eigenvalue weighted by Gasteiger charge is 2.26. The van der Waals surface area contributed by atoms with Crippen LogP contribution >= 0.6 is 15.9 Å². The van der Waals surface area contributed by atoms with Crippen LogP contribution in [0.1, 0.15) is 25.3 Å². The minimum Gasteiger partial charge on any atom is -0.310 e. The number of carbonyl (C=O) groups is 1. The first-order valence-electron chi connectivity index (χ1n) is 6.73. The van der Waals surface area contributed by atoms with Crippen molar-refractivity contribution in [3.05, 3.63) is 28.2 Å². The Labute approximate surface area is 123 Å². The van der Waals surface area contributed by atoms with Gasteiger partial charge >= 0.3 is 0 Å². The quantitative estimate of drug-likeness (QED) is 0.834. The van der Waals surface area contributed by atoms with E-state index in [-0.39, 0.29) is 5.91 Å². The molecule has 0 N–H and O–H groups in total. The topological polar surface area (TPSA) is 23.6 Å². The number of amides is 1. The summed E-state index contributed by atoms with van der Waals surface area (Å²) in [6, 6.07) is 6.46. The Morgan fingerprint density at radius 2 is 2.00 bits per heavy atom. The summed E-state index contributed by atoms with van der Waals surface area (Å²) < 4.78 is 1.09. The van der Waals surface area contributed by atoms with Crippen molar-refractivity contribution in [3.8, 4) is 0 Å². The van der Waals surface area contributed by atoms with Crippen LogP contribution in [-0.4, -0.2) is 37.0 Å². The van der Waals surface area contributed by atoms with Gasteiger partial charge in [0.2, 0.25) is 5.91 Å². The van der Waals surface area contributed by atoms with Crippen molar-refractivity contribution in [2.45, 2.75) is 32.7 Å². The molecule has 2 rings (SSSR count). The van der Waals surface area contributed by atoms with Gasteiger partial charge in [-0.05, 0) is 63.7 Å². The number of aryl methyl sites for hydroxylation is 1. The van der Waals surface area contributed by atoms with Gasteiger partial charge in [-0.15, -0.1) is 0 Å². The monoisotopic (exact) mass is 324 g/mol. The molecule has 19 heavy (non-hydrogen) atoms. The lowest BCUT2D eigenvalue weighted by Gasteiger charge is -2.37. The molecule has 0 unspecified atom stereocenters. The van der Waals surface area contributed by atoms with Crippen LogP contribution in [0.2, 0.25) is 0 Å². The Bertz CT molecular complexity index is 467. The maximum Gasteiger partial charge on any atom is 0.224 e. The second kappa shape index (κ2) is 6.06. The molecule has 3 nitrogen and oxygen atoms in total. The average molecular weight is 325 g/mol. The molecule has 0 spiro atoms. The smallest absolute Gasteiger partial charge is 0.224 e. The van der Waals surface area contributed by atoms with Gasteiger partial charge in [0.1, 0.15) is 0 Å². The van der Waals surface area contributed by atoms with Crippen molar-refractivity contribution < 1.29 is 4.79 Å². The zero-order chi connectivity index (χ0) is 14.0. The number of hydrogen-bond acceptors (Lipinski definition) is 2. The second-order valence-electron chi connectivity index (χ2n) is 5.36. The lowest BCUT2D eigenvalue weighted by atomic mass is 10.0. The number of hydrogen-bond donors (Lipinski definition) is 0. The number of nitrogens with zero attached hydrogens (tertiary/aromatic N) is 2. The first kappa shape index (κ1) is 14.5. The Hall–Kier alpha value is -0.870. The van der Waals surface area contributed by atoms with E-state index in [1.807, 2.05) is 17.0 Å². The zero-order valence-corrected chi connectivity index (χ0v) is 13.4. The van der Waals surface area contributed by atoms with Gasteiger partial charge in [0, 0.05) is 23.1 Å². The molecular weight excluding hydrogens is 304 g/mol. The molecule has 0 radical (unpaired) electrons. The molecule has 1 aromatic rings. The predicted octanol–water partition coefficient (Wildman–Crippen LogP) is 3.20. The number of carbonyl (C=O) groups excluding carboxylic acids is 1. The summed E-state index contributed by atoms with van der Waals surface area (Å²) in [4.78, 5) is 16.3. The van der Waals surface area contributed by atoms with Gasteiger partial charge in [-0.25, -0.2) is 0 Å². The van der Waals surface area contributed by atoms with Crippen molar-refractivity contribution in [1.29, 1.82) is 0 Å². The van der Waals surface area contributed by atoms with Crippen LogP contribution in [0.4, 0.5) is 5.69 Å². The highest BCUT2D eigenvalue weighted by molar-refractivity contribution is 9.10. The first-order valence-corrected chi connectivity index (χ1v) is 7.53. The molecule has 0 aromatic heterocycles. The Morgan fingerprint density at radius 1 is 1.37 bits per heavy atom. The Kier molecular flexibility index (Phi) is 4.63. The number of anilines is 1. The van der Waals surface area contributed by atoms with E-state index < -0.39 is 0 Å². The fourth-order valence-electron chi connectivity index (χ4n) is 2.68. The van der Waals surface area contributed by atoms with E-state index in [4.69, 9.17) is 0 Å². The van der Waals surface area contributed by atoms with Crippen LogP contribution in [0.3, 0.4) is 0 Å². The Morgan fingerprint density at radius 3 is 2.53 bits per heavy atom. The minimum atomic E-state index is 0.135. The van der Waals surface area contributed by atoms with Gasteiger partial charge < -0.3 is 9.80 Å². The van der Waals surface area contributed by atoms with E-state index in [1.165, 1.54) is 0 Å². The van der Waals surface area contributed by atoms with Crippen LogP contribution in [0.15, 0.2) is 22.7 Å². The fraction of sp³-hybridized carbons (Fsp3) is 0.533. The summed E-state index contributed by atoms with van der Waals surface area (Å²) in [7, 11) is 2.14. The van der Waals surface area contributed by atoms with Crippen molar-refractivity contribution >= 4 is 27.5 Å². The van der Waals surface area contributed by atoms with E-state index in [0.717, 1.165) is 41.7 Å². The van der Waals surface area contributed by atoms with E-state index in [1.54, 1.807) is 6.92 Å². The summed E-state index contributed by atoms with van der Waals surface area (Å²) in [6.45, 7) is 5.84. The third kappa shape index (κ3) is 3.37. The zero-order valence-electron chi connectivity index (χ0n) is 11.8. The summed E-state index contributed by atoms with van der Waals surface area (Å²) in [5, 5.41) is 0. The van der Waals surface area contributed by atoms with Crippen LogP contribution < -0.4 is 4.90 Å². The third-order valence-corrected chi connectivity index (χ3v) is 4.70. The maximum absolute atomic E-state index is 12.0. The van der Waals surface area contributed by atoms with Gasteiger partial charge in [0.25, 0.3) is 0 Å². The van der Waals surface area contributed by atoms with Crippen molar-refractivity contribution in [2.24, 2.45) is 0 Å². The fourth-order valence-corrected chi connectivity index (χ4v) is 2.93. The lowest BCUT2D eigenvalue weighted by molar-refractivity contribution is -0.117. The third-order valence-electron chi connectivity index (χ3n) is 3.81. The number of piperidine rings is 1. The molecule has 104 valence electrons. The number of rotatable bonds is 2. The van der Waals surface area contributed by atoms with Crippen LogP contribution in [0.5, 0.6) is 0 Å². The molecule has 0 aliphatic carbocycles. The summed E-state index contributed by atoms with van der Waals surface area (Å²) in [6.07, 6.45) is 2.09. The molecule has 1 aliphatic heterocycles. The lowest BCUT2D eigenvalue weighted by Crippen LogP contribution is -2.46. The maximum atomic E-state index is 12.0. The summed E-state index contributed by atoms with van der Waals surface area (Å²) in [5.41, 5.74) is 2.18. The highest BCUT2D eigenvalue weighted by Crippen LogP contribution is 2.27. The van der Waals surface area contributed by atoms with E-state index in [0.29, 0.717) is 6.04 Å². The first-order chi connectivity index (χ1) is 8.99. The standard InChI is InChI=1S/C15H21BrN2O/c1-11-10-14(4-5-15(11)16)18(12(2)19)13-6-8-17(3)9-7-13/h4-5,10,13H,6-9H2,1-3H3. The van der Waals surface area contributed by atoms with Crippen LogP contribution in [0, 0.1) is 6.92 Å². The van der Waals surface area contributed by atoms with Gasteiger partial charge in [-0.2, -0.15) is 0 Å². The molecule has 0 bridgehead atoms. The molecule has 1 saturated heterocycles. The van der Waals surface area contributed by atoms with E-state index in [2.05, 4.69) is 40.9 Å². The SMILES string of the molecule is CC(=O)N(c1ccc(Br)c(C)c1)C1CCN(C)CC1.